The Morgan fingerprint density at radius 2 is 1.89 bits per heavy atom. The minimum Gasteiger partial charge on any atom is -0.444 e. The van der Waals surface area contributed by atoms with Crippen LogP contribution in [0.5, 0.6) is 0 Å². The summed E-state index contributed by atoms with van der Waals surface area (Å²) >= 11 is 0. The van der Waals surface area contributed by atoms with Crippen LogP contribution in [0.2, 0.25) is 0 Å². The zero-order chi connectivity index (χ0) is 19.6. The topological polar surface area (TPSA) is 49.9 Å². The van der Waals surface area contributed by atoms with Gasteiger partial charge in [0.05, 0.1) is 12.0 Å². The molecular formula is C22H32N2O3. The molecule has 0 unspecified atom stereocenters. The van der Waals surface area contributed by atoms with Crippen molar-refractivity contribution in [2.24, 2.45) is 5.92 Å². The molecule has 1 aliphatic heterocycles. The maximum Gasteiger partial charge on any atom is 0.410 e. The number of carbonyl (C=O) groups excluding carboxylic acids is 2. The van der Waals surface area contributed by atoms with Crippen LogP contribution in [0, 0.1) is 5.92 Å². The molecule has 1 aliphatic carbocycles. The Bertz CT molecular complexity index is 695. The Kier molecular flexibility index (Phi) is 5.78. The van der Waals surface area contributed by atoms with Gasteiger partial charge in [-0.1, -0.05) is 24.3 Å². The average molecular weight is 373 g/mol. The van der Waals surface area contributed by atoms with Gasteiger partial charge in [0.15, 0.2) is 0 Å². The van der Waals surface area contributed by atoms with Gasteiger partial charge in [0, 0.05) is 20.1 Å². The summed E-state index contributed by atoms with van der Waals surface area (Å²) < 4.78 is 5.49. The Labute approximate surface area is 162 Å². The lowest BCUT2D eigenvalue weighted by Crippen LogP contribution is -2.48. The molecule has 1 aromatic carbocycles. The number of hydrogen-bond donors (Lipinski definition) is 0. The first-order valence-electron chi connectivity index (χ1n) is 10.1. The Morgan fingerprint density at radius 1 is 1.15 bits per heavy atom. The van der Waals surface area contributed by atoms with Crippen LogP contribution in [0.4, 0.5) is 4.79 Å². The molecular weight excluding hydrogens is 340 g/mol. The molecule has 1 heterocycles. The van der Waals surface area contributed by atoms with E-state index in [1.54, 1.807) is 4.90 Å². The van der Waals surface area contributed by atoms with E-state index < -0.39 is 5.60 Å². The maximum absolute atomic E-state index is 13.2. The van der Waals surface area contributed by atoms with Crippen LogP contribution < -0.4 is 0 Å². The lowest BCUT2D eigenvalue weighted by Gasteiger charge is -2.38. The first-order chi connectivity index (χ1) is 12.8. The summed E-state index contributed by atoms with van der Waals surface area (Å²) in [5.41, 5.74) is 2.11. The monoisotopic (exact) mass is 372 g/mol. The van der Waals surface area contributed by atoms with Crippen LogP contribution in [0.1, 0.15) is 63.6 Å². The molecule has 2 atom stereocenters. The van der Waals surface area contributed by atoms with Crippen molar-refractivity contribution in [2.45, 2.75) is 64.5 Å². The fourth-order valence-electron chi connectivity index (χ4n) is 4.24. The largest absolute Gasteiger partial charge is 0.444 e. The van der Waals surface area contributed by atoms with Crippen LogP contribution in [-0.2, 0) is 16.0 Å². The zero-order valence-electron chi connectivity index (χ0n) is 17.0. The maximum atomic E-state index is 13.2. The molecule has 5 heteroatoms. The van der Waals surface area contributed by atoms with E-state index in [0.29, 0.717) is 13.1 Å². The van der Waals surface area contributed by atoms with E-state index in [9.17, 15) is 9.59 Å². The molecule has 2 aliphatic rings. The molecule has 2 amide bonds. The second-order valence-electron chi connectivity index (χ2n) is 8.82. The summed E-state index contributed by atoms with van der Waals surface area (Å²) in [6.07, 6.45) is 4.55. The smallest absolute Gasteiger partial charge is 0.410 e. The molecule has 0 saturated carbocycles. The van der Waals surface area contributed by atoms with Crippen LogP contribution in [-0.4, -0.2) is 47.5 Å². The summed E-state index contributed by atoms with van der Waals surface area (Å²) in [6.45, 7) is 6.71. The number of aryl methyl sites for hydroxylation is 1. The summed E-state index contributed by atoms with van der Waals surface area (Å²) in [7, 11) is 1.92. The third kappa shape index (κ3) is 4.63. The Hall–Kier alpha value is -2.04. The van der Waals surface area contributed by atoms with Crippen LogP contribution in [0.3, 0.4) is 0 Å². The van der Waals surface area contributed by atoms with Gasteiger partial charge in [-0.15, -0.1) is 0 Å². The van der Waals surface area contributed by atoms with Crippen LogP contribution >= 0.6 is 0 Å². The van der Waals surface area contributed by atoms with Crippen LogP contribution in [0.15, 0.2) is 24.3 Å². The molecule has 0 spiro atoms. The van der Waals surface area contributed by atoms with E-state index in [-0.39, 0.29) is 24.0 Å². The minimum absolute atomic E-state index is 0.138. The van der Waals surface area contributed by atoms with E-state index >= 15 is 0 Å². The van der Waals surface area contributed by atoms with Gasteiger partial charge in [0.2, 0.25) is 5.91 Å². The second kappa shape index (κ2) is 7.91. The van der Waals surface area contributed by atoms with Gasteiger partial charge in [-0.3, -0.25) is 4.79 Å². The van der Waals surface area contributed by atoms with Crippen molar-refractivity contribution in [3.8, 4) is 0 Å². The molecule has 1 saturated heterocycles. The fraction of sp³-hybridized carbons (Fsp3) is 0.636. The number of benzene rings is 1. The fourth-order valence-corrected chi connectivity index (χ4v) is 4.24. The van der Waals surface area contributed by atoms with Crippen molar-refractivity contribution >= 4 is 12.0 Å². The standard InChI is InChI=1S/C22H32N2O3/c1-22(2,3)27-21(26)24-14-8-11-17(15-24)20(25)23(4)19-13-7-10-16-9-5-6-12-18(16)19/h5-6,9,12,17,19H,7-8,10-11,13-15H2,1-4H3/t17-,19-/m0/s1. The van der Waals surface area contributed by atoms with E-state index in [1.807, 2.05) is 32.7 Å². The third-order valence-electron chi connectivity index (χ3n) is 5.58. The summed E-state index contributed by atoms with van der Waals surface area (Å²) in [4.78, 5) is 29.2. The number of rotatable bonds is 2. The van der Waals surface area contributed by atoms with Crippen molar-refractivity contribution < 1.29 is 14.3 Å². The molecule has 148 valence electrons. The summed E-state index contributed by atoms with van der Waals surface area (Å²) in [5.74, 6) is -0.00433. The highest BCUT2D eigenvalue weighted by Gasteiger charge is 2.35. The predicted molar refractivity (Wildman–Crippen MR) is 105 cm³/mol. The average Bonchev–Trinajstić information content (AvgIpc) is 2.65. The SMILES string of the molecule is CN(C(=O)[C@H]1CCCN(C(=O)OC(C)(C)C)C1)[C@H]1CCCc2ccccc21. The lowest BCUT2D eigenvalue weighted by atomic mass is 9.86. The van der Waals surface area contributed by atoms with Crippen LogP contribution in [0.25, 0.3) is 0 Å². The highest BCUT2D eigenvalue weighted by atomic mass is 16.6. The van der Waals surface area contributed by atoms with E-state index in [2.05, 4.69) is 24.3 Å². The van der Waals surface area contributed by atoms with Crippen molar-refractivity contribution in [1.29, 1.82) is 0 Å². The van der Waals surface area contributed by atoms with Gasteiger partial charge in [-0.2, -0.15) is 0 Å². The Balaban J connectivity index is 1.68. The number of fused-ring (bicyclic) bond motifs is 1. The summed E-state index contributed by atoms with van der Waals surface area (Å²) in [6, 6.07) is 8.59. The highest BCUT2D eigenvalue weighted by Crippen LogP contribution is 2.35. The van der Waals surface area contributed by atoms with Crippen molar-refractivity contribution in [2.75, 3.05) is 20.1 Å². The minimum atomic E-state index is -0.517. The molecule has 0 bridgehead atoms. The molecule has 5 nitrogen and oxygen atoms in total. The van der Waals surface area contributed by atoms with Gasteiger partial charge in [0.25, 0.3) is 0 Å². The number of carbonyl (C=O) groups is 2. The zero-order valence-corrected chi connectivity index (χ0v) is 17.0. The van der Waals surface area contributed by atoms with E-state index in [4.69, 9.17) is 4.74 Å². The quantitative estimate of drug-likeness (QED) is 0.783. The summed E-state index contributed by atoms with van der Waals surface area (Å²) in [5, 5.41) is 0. The molecule has 3 rings (SSSR count). The number of piperidine rings is 1. The lowest BCUT2D eigenvalue weighted by molar-refractivity contribution is -0.138. The molecule has 1 aromatic rings. The van der Waals surface area contributed by atoms with Gasteiger partial charge in [0.1, 0.15) is 5.60 Å². The van der Waals surface area contributed by atoms with Gasteiger partial charge in [-0.05, 0) is 64.0 Å². The number of amides is 2. The first-order valence-corrected chi connectivity index (χ1v) is 10.1. The predicted octanol–water partition coefficient (Wildman–Crippen LogP) is 4.17. The second-order valence-corrected chi connectivity index (χ2v) is 8.82. The third-order valence-corrected chi connectivity index (χ3v) is 5.58. The molecule has 1 fully saturated rings. The van der Waals surface area contributed by atoms with Crippen molar-refractivity contribution in [3.05, 3.63) is 35.4 Å². The van der Waals surface area contributed by atoms with Crippen molar-refractivity contribution in [1.82, 2.24) is 9.80 Å². The molecule has 27 heavy (non-hydrogen) atoms. The van der Waals surface area contributed by atoms with Gasteiger partial charge < -0.3 is 14.5 Å². The highest BCUT2D eigenvalue weighted by molar-refractivity contribution is 5.80. The number of ether oxygens (including phenoxy) is 1. The van der Waals surface area contributed by atoms with E-state index in [1.165, 1.54) is 11.1 Å². The number of nitrogens with zero attached hydrogens (tertiary/aromatic N) is 2. The van der Waals surface area contributed by atoms with E-state index in [0.717, 1.165) is 32.1 Å². The van der Waals surface area contributed by atoms with Crippen molar-refractivity contribution in [3.63, 3.8) is 0 Å². The molecule has 0 aromatic heterocycles. The number of hydrogen-bond acceptors (Lipinski definition) is 3. The normalized spacial score (nSPS) is 22.7. The first kappa shape index (κ1) is 19.7. The van der Waals surface area contributed by atoms with Gasteiger partial charge >= 0.3 is 6.09 Å². The number of likely N-dealkylation sites (tertiary alicyclic amines) is 1. The van der Waals surface area contributed by atoms with Gasteiger partial charge in [-0.25, -0.2) is 4.79 Å². The molecule has 0 N–H and O–H groups in total. The Morgan fingerprint density at radius 3 is 2.63 bits per heavy atom. The molecule has 0 radical (unpaired) electrons.